The van der Waals surface area contributed by atoms with Crippen LogP contribution in [0, 0.1) is 17.6 Å². The van der Waals surface area contributed by atoms with E-state index in [9.17, 15) is 8.78 Å². The minimum absolute atomic E-state index is 0.000876. The summed E-state index contributed by atoms with van der Waals surface area (Å²) in [5.41, 5.74) is 2.04. The van der Waals surface area contributed by atoms with Gasteiger partial charge in [0.15, 0.2) is 39.6 Å². The largest absolute Gasteiger partial charge is 0.365 e. The topological polar surface area (TPSA) is 87.0 Å². The quantitative estimate of drug-likeness (QED) is 0.344. The maximum Gasteiger partial charge on any atom is 0.191 e. The average Bonchev–Trinajstić information content (AvgIpc) is 3.19. The van der Waals surface area contributed by atoms with E-state index in [4.69, 9.17) is 19.4 Å². The minimum Gasteiger partial charge on any atom is -0.365 e. The van der Waals surface area contributed by atoms with Crippen molar-refractivity contribution in [3.63, 3.8) is 0 Å². The third-order valence-corrected chi connectivity index (χ3v) is 8.31. The first-order valence-electron chi connectivity index (χ1n) is 12.6. The molecule has 2 aromatic heterocycles. The summed E-state index contributed by atoms with van der Waals surface area (Å²) >= 11 is 1.59. The first-order chi connectivity index (χ1) is 17.2. The molecule has 1 aromatic carbocycles. The predicted molar refractivity (Wildman–Crippen MR) is 132 cm³/mol. The number of anilines is 1. The predicted octanol–water partition coefficient (Wildman–Crippen LogP) is 5.07. The summed E-state index contributed by atoms with van der Waals surface area (Å²) in [5.74, 6) is -0.389. The van der Waals surface area contributed by atoms with Gasteiger partial charge in [-0.3, -0.25) is 0 Å². The van der Waals surface area contributed by atoms with Gasteiger partial charge in [0, 0.05) is 17.7 Å². The molecule has 36 heavy (non-hydrogen) atoms. The van der Waals surface area contributed by atoms with E-state index in [1.807, 2.05) is 18.5 Å². The van der Waals surface area contributed by atoms with Crippen LogP contribution in [0.5, 0.6) is 0 Å². The molecule has 3 heterocycles. The molecule has 3 aliphatic rings. The number of halogens is 2. The van der Waals surface area contributed by atoms with Crippen molar-refractivity contribution in [3.05, 3.63) is 35.4 Å². The Morgan fingerprint density at radius 1 is 1.14 bits per heavy atom. The highest BCUT2D eigenvalue weighted by molar-refractivity contribution is 7.99. The van der Waals surface area contributed by atoms with Gasteiger partial charge < -0.3 is 14.8 Å². The zero-order valence-electron chi connectivity index (χ0n) is 20.7. The summed E-state index contributed by atoms with van der Waals surface area (Å²) in [6.45, 7) is 8.18. The number of aromatic nitrogens is 5. The van der Waals surface area contributed by atoms with Gasteiger partial charge in [0.05, 0.1) is 12.1 Å². The normalized spacial score (nSPS) is 30.6. The third-order valence-electron chi connectivity index (χ3n) is 7.25. The van der Waals surface area contributed by atoms with E-state index in [-0.39, 0.29) is 30.2 Å². The molecule has 3 fully saturated rings. The molecule has 6 rings (SSSR count). The summed E-state index contributed by atoms with van der Waals surface area (Å²) < 4.78 is 41.5. The van der Waals surface area contributed by atoms with Gasteiger partial charge >= 0.3 is 0 Å². The Morgan fingerprint density at radius 3 is 2.72 bits per heavy atom. The van der Waals surface area contributed by atoms with Crippen molar-refractivity contribution in [2.24, 2.45) is 5.92 Å². The van der Waals surface area contributed by atoms with Crippen LogP contribution in [0.25, 0.3) is 11.2 Å². The number of benzene rings is 1. The Balaban J connectivity index is 1.32. The van der Waals surface area contributed by atoms with Crippen LogP contribution in [-0.4, -0.2) is 54.8 Å². The summed E-state index contributed by atoms with van der Waals surface area (Å²) in [7, 11) is 0. The molecule has 11 heteroatoms. The Bertz CT molecular complexity index is 1300. The number of hydrogen-bond acceptors (Lipinski definition) is 8. The van der Waals surface area contributed by atoms with E-state index in [0.717, 1.165) is 30.6 Å². The number of thioether (sulfide) groups is 1. The molecular weight excluding hydrogens is 486 g/mol. The first kappa shape index (κ1) is 24.0. The number of ether oxygens (including phenoxy) is 2. The van der Waals surface area contributed by atoms with Crippen LogP contribution in [0.15, 0.2) is 23.4 Å². The van der Waals surface area contributed by atoms with Gasteiger partial charge in [0.1, 0.15) is 6.10 Å². The molecule has 0 radical (unpaired) electrons. The first-order valence-corrected chi connectivity index (χ1v) is 13.6. The third kappa shape index (κ3) is 4.24. The van der Waals surface area contributed by atoms with Crippen LogP contribution in [0.3, 0.4) is 0 Å². The van der Waals surface area contributed by atoms with E-state index in [1.54, 1.807) is 17.8 Å². The maximum atomic E-state index is 13.8. The molecular formula is C25H30F2N6O2S. The maximum absolute atomic E-state index is 13.8. The standard InChI is InChI=1S/C25H30F2N6O2S/c1-5-8-36-24-29-22(28-17-11-14(17)13-6-7-15(26)16(27)10-13)19-23(30-24)33(32-31-19)18-9-12(2)20-21(18)35-25(3,4)34-20/h6-7,10,12,14,17-18,20-21H,5,8-9,11H2,1-4H3,(H,28,29,30)/t12-,14-,17?,18+,20?,21?/m0/s1. The molecule has 3 aromatic rings. The highest BCUT2D eigenvalue weighted by atomic mass is 32.2. The Morgan fingerprint density at radius 2 is 1.94 bits per heavy atom. The smallest absolute Gasteiger partial charge is 0.191 e. The average molecular weight is 517 g/mol. The van der Waals surface area contributed by atoms with Gasteiger partial charge in [0.2, 0.25) is 0 Å². The van der Waals surface area contributed by atoms with Crippen LogP contribution >= 0.6 is 11.8 Å². The van der Waals surface area contributed by atoms with E-state index in [2.05, 4.69) is 29.5 Å². The van der Waals surface area contributed by atoms with Crippen LogP contribution < -0.4 is 5.32 Å². The summed E-state index contributed by atoms with van der Waals surface area (Å²) in [5, 5.41) is 13.1. The second-order valence-corrected chi connectivity index (χ2v) is 11.6. The molecule has 1 N–H and O–H groups in total. The van der Waals surface area contributed by atoms with Crippen molar-refractivity contribution in [2.45, 2.75) is 88.1 Å². The fourth-order valence-electron chi connectivity index (χ4n) is 5.48. The number of nitrogens with one attached hydrogen (secondary N) is 1. The Labute approximate surface area is 212 Å². The number of fused-ring (bicyclic) bond motifs is 2. The second-order valence-electron chi connectivity index (χ2n) is 10.5. The molecule has 2 aliphatic carbocycles. The van der Waals surface area contributed by atoms with Crippen molar-refractivity contribution in [1.29, 1.82) is 0 Å². The van der Waals surface area contributed by atoms with Crippen LogP contribution in [0.1, 0.15) is 64.5 Å². The summed E-state index contributed by atoms with van der Waals surface area (Å²) in [4.78, 5) is 9.60. The van der Waals surface area contributed by atoms with Crippen molar-refractivity contribution < 1.29 is 18.3 Å². The fourth-order valence-corrected chi connectivity index (χ4v) is 6.17. The van der Waals surface area contributed by atoms with Gasteiger partial charge in [-0.1, -0.05) is 36.9 Å². The van der Waals surface area contributed by atoms with E-state index in [1.165, 1.54) is 12.1 Å². The monoisotopic (exact) mass is 516 g/mol. The number of hydrogen-bond donors (Lipinski definition) is 1. The number of nitrogens with zero attached hydrogens (tertiary/aromatic N) is 5. The van der Waals surface area contributed by atoms with Gasteiger partial charge in [-0.25, -0.2) is 23.4 Å². The summed E-state index contributed by atoms with van der Waals surface area (Å²) in [6.07, 6.45) is 2.53. The number of rotatable bonds is 7. The van der Waals surface area contributed by atoms with Crippen molar-refractivity contribution in [2.75, 3.05) is 11.1 Å². The van der Waals surface area contributed by atoms with Gasteiger partial charge in [-0.15, -0.1) is 5.10 Å². The van der Waals surface area contributed by atoms with Crippen LogP contribution in [-0.2, 0) is 9.47 Å². The molecule has 3 unspecified atom stereocenters. The van der Waals surface area contributed by atoms with Crippen LogP contribution in [0.2, 0.25) is 0 Å². The zero-order valence-corrected chi connectivity index (χ0v) is 21.6. The van der Waals surface area contributed by atoms with Crippen LogP contribution in [0.4, 0.5) is 14.6 Å². The van der Waals surface area contributed by atoms with E-state index in [0.29, 0.717) is 28.1 Å². The highest BCUT2D eigenvalue weighted by Gasteiger charge is 2.54. The van der Waals surface area contributed by atoms with Crippen molar-refractivity contribution >= 4 is 28.7 Å². The molecule has 6 atom stereocenters. The molecule has 1 saturated heterocycles. The lowest BCUT2D eigenvalue weighted by atomic mass is 10.1. The van der Waals surface area contributed by atoms with Gasteiger partial charge in [-0.05, 0) is 56.7 Å². The second kappa shape index (κ2) is 8.88. The highest BCUT2D eigenvalue weighted by Crippen LogP contribution is 2.48. The molecule has 0 spiro atoms. The van der Waals surface area contributed by atoms with E-state index < -0.39 is 17.4 Å². The Hall–Kier alpha value is -2.37. The molecule has 1 aliphatic heterocycles. The lowest BCUT2D eigenvalue weighted by Crippen LogP contribution is -2.28. The molecule has 8 nitrogen and oxygen atoms in total. The molecule has 192 valence electrons. The molecule has 0 bridgehead atoms. The fraction of sp³-hybridized carbons (Fsp3) is 0.600. The van der Waals surface area contributed by atoms with Gasteiger partial charge in [-0.2, -0.15) is 0 Å². The lowest BCUT2D eigenvalue weighted by Gasteiger charge is -2.22. The minimum atomic E-state index is -0.834. The lowest BCUT2D eigenvalue weighted by molar-refractivity contribution is -0.159. The zero-order chi connectivity index (χ0) is 25.2. The van der Waals surface area contributed by atoms with Crippen molar-refractivity contribution in [3.8, 4) is 0 Å². The molecule has 0 amide bonds. The van der Waals surface area contributed by atoms with E-state index >= 15 is 0 Å². The Kier molecular flexibility index (Phi) is 5.92. The summed E-state index contributed by atoms with van der Waals surface area (Å²) in [6, 6.07) is 4.10. The molecule has 2 saturated carbocycles. The van der Waals surface area contributed by atoms with Crippen molar-refractivity contribution in [1.82, 2.24) is 25.0 Å². The van der Waals surface area contributed by atoms with Gasteiger partial charge in [0.25, 0.3) is 0 Å². The SMILES string of the molecule is CCCSc1nc(NC2C[C@H]2c2ccc(F)c(F)c2)c2nnn([C@@H]3C[C@H](C)C4OC(C)(C)OC43)c2n1.